The number of fused-ring (bicyclic) bond motifs is 5. The van der Waals surface area contributed by atoms with Gasteiger partial charge in [0.05, 0.1) is 24.6 Å². The van der Waals surface area contributed by atoms with Crippen molar-refractivity contribution < 1.29 is 14.3 Å². The Balaban J connectivity index is 1.45. The van der Waals surface area contributed by atoms with Crippen LogP contribution in [0.3, 0.4) is 0 Å². The minimum atomic E-state index is -1.11. The SMILES string of the molecule is COc1ccc2c(c1)C1(CC2)NC(=O)N(Cc2nnc3n(C)c(=O)c4ccccc4n23)C1=O. The second-order valence-corrected chi connectivity index (χ2v) is 8.38. The highest BCUT2D eigenvalue weighted by molar-refractivity contribution is 6.08. The summed E-state index contributed by atoms with van der Waals surface area (Å²) >= 11 is 0. The minimum absolute atomic E-state index is 0.0743. The number of rotatable bonds is 3. The lowest BCUT2D eigenvalue weighted by atomic mass is 9.91. The van der Waals surface area contributed by atoms with Gasteiger partial charge in [-0.2, -0.15) is 0 Å². The standard InChI is InChI=1S/C23H20N6O4/c1-27-19(30)15-5-3-4-6-17(15)29-18(25-26-21(27)29)12-28-20(31)23(24-22(28)32)10-9-13-7-8-14(33-2)11-16(13)23/h3-8,11H,9-10,12H2,1-2H3,(H,24,32). The summed E-state index contributed by atoms with van der Waals surface area (Å²) in [5.41, 5.74) is 1.09. The molecule has 1 spiro atoms. The molecule has 3 heterocycles. The minimum Gasteiger partial charge on any atom is -0.497 e. The van der Waals surface area contributed by atoms with E-state index >= 15 is 0 Å². The number of hydrogen-bond acceptors (Lipinski definition) is 6. The smallest absolute Gasteiger partial charge is 0.325 e. The zero-order valence-electron chi connectivity index (χ0n) is 18.0. The van der Waals surface area contributed by atoms with E-state index in [9.17, 15) is 14.4 Å². The van der Waals surface area contributed by atoms with Crippen LogP contribution in [0.1, 0.15) is 23.4 Å². The number of carbonyl (C=O) groups excluding carboxylic acids is 2. The van der Waals surface area contributed by atoms with Crippen molar-refractivity contribution in [1.29, 1.82) is 0 Å². The number of carbonyl (C=O) groups is 2. The maximum absolute atomic E-state index is 13.6. The Bertz CT molecular complexity index is 1550. The molecule has 1 N–H and O–H groups in total. The number of nitrogens with one attached hydrogen (secondary N) is 1. The van der Waals surface area contributed by atoms with Crippen LogP contribution in [-0.2, 0) is 30.3 Å². The maximum Gasteiger partial charge on any atom is 0.325 e. The molecule has 1 unspecified atom stereocenters. The number of nitrogens with zero attached hydrogens (tertiary/aromatic N) is 5. The van der Waals surface area contributed by atoms with Crippen LogP contribution in [0.25, 0.3) is 16.7 Å². The Hall–Kier alpha value is -4.21. The van der Waals surface area contributed by atoms with Gasteiger partial charge in [-0.15, -0.1) is 10.2 Å². The van der Waals surface area contributed by atoms with Crippen LogP contribution in [0.15, 0.2) is 47.3 Å². The third-order valence-electron chi connectivity index (χ3n) is 6.71. The Morgan fingerprint density at radius 3 is 2.76 bits per heavy atom. The molecular weight excluding hydrogens is 424 g/mol. The molecule has 0 radical (unpaired) electrons. The Kier molecular flexibility index (Phi) is 3.92. The number of ether oxygens (including phenoxy) is 1. The van der Waals surface area contributed by atoms with Gasteiger partial charge in [-0.05, 0) is 48.2 Å². The quantitative estimate of drug-likeness (QED) is 0.479. The number of para-hydroxylation sites is 1. The van der Waals surface area contributed by atoms with Gasteiger partial charge in [-0.1, -0.05) is 18.2 Å². The number of methoxy groups -OCH3 is 1. The molecular formula is C23H20N6O4. The number of amides is 3. The predicted octanol–water partition coefficient (Wildman–Crippen LogP) is 1.48. The first kappa shape index (κ1) is 19.5. The molecule has 1 atom stereocenters. The van der Waals surface area contributed by atoms with E-state index in [1.165, 1.54) is 9.47 Å². The number of benzene rings is 2. The summed E-state index contributed by atoms with van der Waals surface area (Å²) in [6.07, 6.45) is 1.16. The Morgan fingerprint density at radius 1 is 1.12 bits per heavy atom. The highest BCUT2D eigenvalue weighted by Gasteiger charge is 2.55. The number of urea groups is 1. The molecule has 1 saturated heterocycles. The van der Waals surface area contributed by atoms with E-state index in [1.807, 2.05) is 24.3 Å². The lowest BCUT2D eigenvalue weighted by Gasteiger charge is -2.22. The van der Waals surface area contributed by atoms with Gasteiger partial charge in [-0.25, -0.2) is 4.79 Å². The van der Waals surface area contributed by atoms with E-state index in [0.717, 1.165) is 11.1 Å². The van der Waals surface area contributed by atoms with Gasteiger partial charge < -0.3 is 10.1 Å². The first-order valence-corrected chi connectivity index (χ1v) is 10.6. The summed E-state index contributed by atoms with van der Waals surface area (Å²) in [7, 11) is 3.19. The third kappa shape index (κ3) is 2.51. The summed E-state index contributed by atoms with van der Waals surface area (Å²) in [5, 5.41) is 11.8. The predicted molar refractivity (Wildman–Crippen MR) is 118 cm³/mol. The fraction of sp³-hybridized carbons (Fsp3) is 0.261. The lowest BCUT2D eigenvalue weighted by molar-refractivity contribution is -0.132. The monoisotopic (exact) mass is 444 g/mol. The fourth-order valence-electron chi connectivity index (χ4n) is 5.01. The Morgan fingerprint density at radius 2 is 1.94 bits per heavy atom. The van der Waals surface area contributed by atoms with Crippen molar-refractivity contribution in [2.75, 3.05) is 7.11 Å². The van der Waals surface area contributed by atoms with Crippen LogP contribution >= 0.6 is 0 Å². The van der Waals surface area contributed by atoms with Crippen LogP contribution in [-0.4, -0.2) is 43.1 Å². The van der Waals surface area contributed by atoms with Crippen LogP contribution in [0.5, 0.6) is 5.75 Å². The van der Waals surface area contributed by atoms with Gasteiger partial charge >= 0.3 is 6.03 Å². The topological polar surface area (TPSA) is 111 Å². The van der Waals surface area contributed by atoms with Crippen molar-refractivity contribution in [3.8, 4) is 5.75 Å². The van der Waals surface area contributed by atoms with Crippen LogP contribution in [0, 0.1) is 0 Å². The molecule has 2 aliphatic rings. The van der Waals surface area contributed by atoms with Gasteiger partial charge in [0, 0.05) is 7.05 Å². The molecule has 33 heavy (non-hydrogen) atoms. The third-order valence-corrected chi connectivity index (χ3v) is 6.71. The number of imide groups is 1. The fourth-order valence-corrected chi connectivity index (χ4v) is 5.01. The van der Waals surface area contributed by atoms with E-state index in [-0.39, 0.29) is 18.0 Å². The molecule has 4 aromatic rings. The summed E-state index contributed by atoms with van der Waals surface area (Å²) in [4.78, 5) is 40.5. The molecule has 10 nitrogen and oxygen atoms in total. The molecule has 6 rings (SSSR count). The van der Waals surface area contributed by atoms with Crippen LogP contribution in [0.2, 0.25) is 0 Å². The van der Waals surface area contributed by atoms with Crippen molar-refractivity contribution >= 4 is 28.6 Å². The number of aryl methyl sites for hydroxylation is 2. The molecule has 2 aromatic heterocycles. The molecule has 1 aliphatic carbocycles. The second kappa shape index (κ2) is 6.64. The van der Waals surface area contributed by atoms with Gasteiger partial charge in [-0.3, -0.25) is 23.5 Å². The highest BCUT2D eigenvalue weighted by atomic mass is 16.5. The van der Waals surface area contributed by atoms with Crippen molar-refractivity contribution in [2.45, 2.75) is 24.9 Å². The van der Waals surface area contributed by atoms with Crippen molar-refractivity contribution in [2.24, 2.45) is 7.05 Å². The van der Waals surface area contributed by atoms with E-state index in [0.29, 0.717) is 41.1 Å². The van der Waals surface area contributed by atoms with Crippen molar-refractivity contribution in [3.05, 3.63) is 69.8 Å². The van der Waals surface area contributed by atoms with E-state index in [1.54, 1.807) is 36.8 Å². The molecule has 2 aromatic carbocycles. The maximum atomic E-state index is 13.6. The van der Waals surface area contributed by atoms with E-state index < -0.39 is 11.6 Å². The molecule has 1 fully saturated rings. The molecule has 3 amide bonds. The number of aromatic nitrogens is 4. The van der Waals surface area contributed by atoms with E-state index in [2.05, 4.69) is 15.5 Å². The lowest BCUT2D eigenvalue weighted by Crippen LogP contribution is -2.41. The first-order valence-electron chi connectivity index (χ1n) is 10.6. The first-order chi connectivity index (χ1) is 15.9. The van der Waals surface area contributed by atoms with Gasteiger partial charge in [0.2, 0.25) is 5.78 Å². The summed E-state index contributed by atoms with van der Waals surface area (Å²) in [6.45, 7) is -0.0743. The highest BCUT2D eigenvalue weighted by Crippen LogP contribution is 2.43. The summed E-state index contributed by atoms with van der Waals surface area (Å²) in [6, 6.07) is 12.2. The molecule has 10 heteroatoms. The van der Waals surface area contributed by atoms with Crippen LogP contribution < -0.4 is 15.6 Å². The normalized spacial score (nSPS) is 19.6. The zero-order chi connectivity index (χ0) is 22.9. The van der Waals surface area contributed by atoms with E-state index in [4.69, 9.17) is 4.74 Å². The largest absolute Gasteiger partial charge is 0.497 e. The van der Waals surface area contributed by atoms with Crippen molar-refractivity contribution in [3.63, 3.8) is 0 Å². The Labute approximate surface area is 187 Å². The molecule has 0 saturated carbocycles. The van der Waals surface area contributed by atoms with Crippen LogP contribution in [0.4, 0.5) is 4.79 Å². The van der Waals surface area contributed by atoms with Gasteiger partial charge in [0.15, 0.2) is 5.82 Å². The summed E-state index contributed by atoms with van der Waals surface area (Å²) in [5.74, 6) is 1.03. The average Bonchev–Trinajstić information content (AvgIpc) is 3.49. The molecule has 166 valence electrons. The molecule has 1 aliphatic heterocycles. The second-order valence-electron chi connectivity index (χ2n) is 8.38. The van der Waals surface area contributed by atoms with Gasteiger partial charge in [0.1, 0.15) is 11.3 Å². The van der Waals surface area contributed by atoms with Crippen molar-refractivity contribution in [1.82, 2.24) is 29.4 Å². The van der Waals surface area contributed by atoms with Gasteiger partial charge in [0.25, 0.3) is 11.5 Å². The summed E-state index contributed by atoms with van der Waals surface area (Å²) < 4.78 is 8.46. The average molecular weight is 444 g/mol. The molecule has 0 bridgehead atoms. The zero-order valence-corrected chi connectivity index (χ0v) is 18.0. The number of hydrogen-bond donors (Lipinski definition) is 1.